The first-order valence-electron chi connectivity index (χ1n) is 6.31. The van der Waals surface area contributed by atoms with Gasteiger partial charge >= 0.3 is 0 Å². The summed E-state index contributed by atoms with van der Waals surface area (Å²) in [6, 6.07) is 5.54. The van der Waals surface area contributed by atoms with Crippen molar-refractivity contribution in [2.45, 2.75) is 32.6 Å². The summed E-state index contributed by atoms with van der Waals surface area (Å²) in [5, 5.41) is 2.94. The molecule has 1 aliphatic rings. The smallest absolute Gasteiger partial charge is 0.253 e. The number of benzene rings is 1. The molecule has 3 N–H and O–H groups in total. The van der Waals surface area contributed by atoms with Gasteiger partial charge in [-0.2, -0.15) is 0 Å². The molecule has 0 atom stereocenters. The zero-order valence-electron chi connectivity index (χ0n) is 10.3. The minimum absolute atomic E-state index is 0.0539. The van der Waals surface area contributed by atoms with E-state index in [0.29, 0.717) is 11.3 Å². The van der Waals surface area contributed by atoms with Crippen LogP contribution < -0.4 is 11.1 Å². The van der Waals surface area contributed by atoms with E-state index in [1.807, 2.05) is 19.1 Å². The quantitative estimate of drug-likeness (QED) is 0.784. The Morgan fingerprint density at radius 2 is 2.24 bits per heavy atom. The maximum atomic E-state index is 11.9. The lowest BCUT2D eigenvalue weighted by molar-refractivity contribution is 0.0950. The normalized spacial score (nSPS) is 15.4. The Morgan fingerprint density at radius 3 is 2.82 bits per heavy atom. The first-order chi connectivity index (χ1) is 8.16. The van der Waals surface area contributed by atoms with Crippen LogP contribution in [0.4, 0.5) is 5.69 Å². The van der Waals surface area contributed by atoms with E-state index in [4.69, 9.17) is 5.73 Å². The lowest BCUT2D eigenvalue weighted by Crippen LogP contribution is -2.28. The monoisotopic (exact) mass is 232 g/mol. The van der Waals surface area contributed by atoms with E-state index in [1.54, 1.807) is 6.07 Å². The molecule has 0 bridgehead atoms. The fourth-order valence-corrected chi connectivity index (χ4v) is 2.16. The molecule has 0 unspecified atom stereocenters. The van der Waals surface area contributed by atoms with Gasteiger partial charge in [0.05, 0.1) is 5.56 Å². The van der Waals surface area contributed by atoms with Gasteiger partial charge in [0, 0.05) is 12.2 Å². The molecular weight excluding hydrogens is 212 g/mol. The highest BCUT2D eigenvalue weighted by Crippen LogP contribution is 2.28. The lowest BCUT2D eigenvalue weighted by Gasteiger charge is -2.25. The van der Waals surface area contributed by atoms with Crippen LogP contribution in [0.5, 0.6) is 0 Å². The summed E-state index contributed by atoms with van der Waals surface area (Å²) in [7, 11) is 0. The van der Waals surface area contributed by atoms with E-state index in [-0.39, 0.29) is 5.91 Å². The molecule has 3 heteroatoms. The van der Waals surface area contributed by atoms with Gasteiger partial charge < -0.3 is 11.1 Å². The zero-order chi connectivity index (χ0) is 12.3. The second-order valence-electron chi connectivity index (χ2n) is 4.93. The fourth-order valence-electron chi connectivity index (χ4n) is 2.16. The largest absolute Gasteiger partial charge is 0.398 e. The molecule has 1 aromatic carbocycles. The molecule has 0 saturated heterocycles. The molecule has 1 fully saturated rings. The van der Waals surface area contributed by atoms with Crippen molar-refractivity contribution in [3.63, 3.8) is 0 Å². The van der Waals surface area contributed by atoms with Gasteiger partial charge in [-0.25, -0.2) is 0 Å². The van der Waals surface area contributed by atoms with Crippen LogP contribution >= 0.6 is 0 Å². The second kappa shape index (κ2) is 5.21. The van der Waals surface area contributed by atoms with Crippen LogP contribution in [-0.2, 0) is 0 Å². The molecule has 1 aliphatic carbocycles. The number of nitrogens with one attached hydrogen (secondary N) is 1. The standard InChI is InChI=1S/C14H20N2O/c1-10-5-6-12(13(15)9-10)14(17)16-8-7-11-3-2-4-11/h5-6,9,11H,2-4,7-8,15H2,1H3,(H,16,17). The van der Waals surface area contributed by atoms with Gasteiger partial charge in [-0.3, -0.25) is 4.79 Å². The maximum absolute atomic E-state index is 11.9. The van der Waals surface area contributed by atoms with Gasteiger partial charge in [0.2, 0.25) is 0 Å². The highest BCUT2D eigenvalue weighted by atomic mass is 16.1. The average molecular weight is 232 g/mol. The van der Waals surface area contributed by atoms with E-state index in [0.717, 1.165) is 24.4 Å². The number of amides is 1. The number of hydrogen-bond donors (Lipinski definition) is 2. The van der Waals surface area contributed by atoms with E-state index >= 15 is 0 Å². The van der Waals surface area contributed by atoms with E-state index in [9.17, 15) is 4.79 Å². The van der Waals surface area contributed by atoms with Gasteiger partial charge in [-0.15, -0.1) is 0 Å². The van der Waals surface area contributed by atoms with Crippen molar-refractivity contribution in [1.29, 1.82) is 0 Å². The minimum atomic E-state index is -0.0539. The molecular formula is C14H20N2O. The highest BCUT2D eigenvalue weighted by molar-refractivity contribution is 5.99. The van der Waals surface area contributed by atoms with Gasteiger partial charge in [0.15, 0.2) is 0 Å². The van der Waals surface area contributed by atoms with Crippen molar-refractivity contribution in [2.75, 3.05) is 12.3 Å². The first kappa shape index (κ1) is 12.0. The third-order valence-electron chi connectivity index (χ3n) is 3.51. The summed E-state index contributed by atoms with van der Waals surface area (Å²) < 4.78 is 0. The Labute approximate surface area is 102 Å². The average Bonchev–Trinajstić information content (AvgIpc) is 2.21. The highest BCUT2D eigenvalue weighted by Gasteiger charge is 2.17. The van der Waals surface area contributed by atoms with Crippen LogP contribution in [0.2, 0.25) is 0 Å². The molecule has 3 nitrogen and oxygen atoms in total. The van der Waals surface area contributed by atoms with Gasteiger partial charge in [0.25, 0.3) is 5.91 Å². The molecule has 0 aromatic heterocycles. The van der Waals surface area contributed by atoms with Crippen molar-refractivity contribution in [1.82, 2.24) is 5.32 Å². The van der Waals surface area contributed by atoms with Crippen molar-refractivity contribution < 1.29 is 4.79 Å². The molecule has 0 radical (unpaired) electrons. The Bertz CT molecular complexity index is 411. The van der Waals surface area contributed by atoms with Crippen LogP contribution in [0.3, 0.4) is 0 Å². The van der Waals surface area contributed by atoms with Crippen LogP contribution in [0.1, 0.15) is 41.6 Å². The Kier molecular flexibility index (Phi) is 3.67. The molecule has 1 amide bonds. The Hall–Kier alpha value is -1.51. The Morgan fingerprint density at radius 1 is 1.47 bits per heavy atom. The molecule has 2 rings (SSSR count). The summed E-state index contributed by atoms with van der Waals surface area (Å²) in [4.78, 5) is 11.9. The van der Waals surface area contributed by atoms with Gasteiger partial charge in [-0.05, 0) is 37.0 Å². The molecule has 92 valence electrons. The Balaban J connectivity index is 1.85. The predicted molar refractivity (Wildman–Crippen MR) is 69.9 cm³/mol. The number of nitrogen functional groups attached to an aromatic ring is 1. The van der Waals surface area contributed by atoms with Crippen molar-refractivity contribution in [3.05, 3.63) is 29.3 Å². The summed E-state index contributed by atoms with van der Waals surface area (Å²) in [5.41, 5.74) is 8.06. The summed E-state index contributed by atoms with van der Waals surface area (Å²) in [6.07, 6.45) is 5.09. The lowest BCUT2D eigenvalue weighted by atomic mass is 9.83. The minimum Gasteiger partial charge on any atom is -0.398 e. The molecule has 1 saturated carbocycles. The third-order valence-corrected chi connectivity index (χ3v) is 3.51. The number of hydrogen-bond acceptors (Lipinski definition) is 2. The van der Waals surface area contributed by atoms with Crippen LogP contribution in [0.15, 0.2) is 18.2 Å². The number of rotatable bonds is 4. The summed E-state index contributed by atoms with van der Waals surface area (Å²) in [6.45, 7) is 2.73. The van der Waals surface area contributed by atoms with E-state index in [2.05, 4.69) is 5.32 Å². The molecule has 17 heavy (non-hydrogen) atoms. The van der Waals surface area contributed by atoms with Crippen LogP contribution in [-0.4, -0.2) is 12.5 Å². The predicted octanol–water partition coefficient (Wildman–Crippen LogP) is 2.50. The van der Waals surface area contributed by atoms with Crippen LogP contribution in [0, 0.1) is 12.8 Å². The summed E-state index contributed by atoms with van der Waals surface area (Å²) in [5.74, 6) is 0.771. The first-order valence-corrected chi connectivity index (χ1v) is 6.31. The van der Waals surface area contributed by atoms with Crippen molar-refractivity contribution in [3.8, 4) is 0 Å². The zero-order valence-corrected chi connectivity index (χ0v) is 10.3. The van der Waals surface area contributed by atoms with Crippen molar-refractivity contribution in [2.24, 2.45) is 5.92 Å². The number of aryl methyl sites for hydroxylation is 1. The number of carbonyl (C=O) groups excluding carboxylic acids is 1. The van der Waals surface area contributed by atoms with E-state index < -0.39 is 0 Å². The van der Waals surface area contributed by atoms with Crippen molar-refractivity contribution >= 4 is 11.6 Å². The number of anilines is 1. The third kappa shape index (κ3) is 2.99. The second-order valence-corrected chi connectivity index (χ2v) is 4.93. The summed E-state index contributed by atoms with van der Waals surface area (Å²) >= 11 is 0. The fraction of sp³-hybridized carbons (Fsp3) is 0.500. The van der Waals surface area contributed by atoms with Gasteiger partial charge in [0.1, 0.15) is 0 Å². The maximum Gasteiger partial charge on any atom is 0.253 e. The molecule has 0 aliphatic heterocycles. The topological polar surface area (TPSA) is 55.1 Å². The molecule has 0 heterocycles. The number of nitrogens with two attached hydrogens (primary N) is 1. The molecule has 1 aromatic rings. The molecule has 0 spiro atoms. The SMILES string of the molecule is Cc1ccc(C(=O)NCCC2CCC2)c(N)c1. The van der Waals surface area contributed by atoms with Gasteiger partial charge in [-0.1, -0.05) is 25.3 Å². The van der Waals surface area contributed by atoms with E-state index in [1.165, 1.54) is 19.3 Å². The number of carbonyl (C=O) groups is 1. The van der Waals surface area contributed by atoms with Crippen LogP contribution in [0.25, 0.3) is 0 Å².